The van der Waals surface area contributed by atoms with Gasteiger partial charge in [-0.1, -0.05) is 12.1 Å². The zero-order valence-electron chi connectivity index (χ0n) is 4.96. The van der Waals surface area contributed by atoms with Crippen LogP contribution in [0, 0.1) is 0 Å². The maximum Gasteiger partial charge on any atom is 0.140 e. The number of benzene rings is 1. The molecule has 0 aliphatic rings. The van der Waals surface area contributed by atoms with Crippen LogP contribution in [0.2, 0.25) is 0 Å². The molecule has 1 N–H and O–H groups in total. The summed E-state index contributed by atoms with van der Waals surface area (Å²) in [6.45, 7) is 0. The number of halogens is 2. The molecule has 1 aromatic carbocycles. The van der Waals surface area contributed by atoms with E-state index in [0.717, 1.165) is 0 Å². The quantitative estimate of drug-likeness (QED) is 0.791. The Bertz CT molecular complexity index is 227. The fraction of sp³-hybridized carbons (Fsp3) is 0. The Morgan fingerprint density at radius 3 is 2.20 bits per heavy atom. The third-order valence-electron chi connectivity index (χ3n) is 1.06. The molecule has 2 nitrogen and oxygen atoms in total. The van der Waals surface area contributed by atoms with Gasteiger partial charge in [0.1, 0.15) is 11.4 Å². The fourth-order valence-electron chi connectivity index (χ4n) is 0.607. The number of hydrogen-bond acceptors (Lipinski definition) is 2. The number of nitrogens with zero attached hydrogens (tertiary/aromatic N) is 1. The van der Waals surface area contributed by atoms with Crippen molar-refractivity contribution in [2.24, 2.45) is 0 Å². The summed E-state index contributed by atoms with van der Waals surface area (Å²) in [5.41, 5.74) is 0.683. The lowest BCUT2D eigenvalue weighted by atomic mass is 10.3. The van der Waals surface area contributed by atoms with E-state index in [0.29, 0.717) is 5.69 Å². The molecule has 10 heavy (non-hydrogen) atoms. The lowest BCUT2D eigenvalue weighted by Gasteiger charge is -2.07. The minimum Gasteiger partial charge on any atom is -0.506 e. The van der Waals surface area contributed by atoms with Gasteiger partial charge in [0.15, 0.2) is 0 Å². The molecular weight excluding hydrogens is 262 g/mol. The Labute approximate surface area is 76.1 Å². The summed E-state index contributed by atoms with van der Waals surface area (Å²) in [5, 5.41) is 9.18. The number of anilines is 1. The maximum absolute atomic E-state index is 9.18. The number of rotatable bonds is 1. The summed E-state index contributed by atoms with van der Waals surface area (Å²) in [6.07, 6.45) is 0. The fourth-order valence-corrected chi connectivity index (χ4v) is 1.21. The zero-order chi connectivity index (χ0) is 7.56. The third-order valence-corrected chi connectivity index (χ3v) is 1.83. The molecule has 0 saturated carbocycles. The number of hydrogen-bond donors (Lipinski definition) is 1. The van der Waals surface area contributed by atoms with E-state index in [1.54, 1.807) is 18.2 Å². The van der Waals surface area contributed by atoms with E-state index >= 15 is 0 Å². The number of aromatic hydroxyl groups is 1. The van der Waals surface area contributed by atoms with Crippen molar-refractivity contribution in [2.75, 3.05) is 2.95 Å². The minimum atomic E-state index is 0.233. The van der Waals surface area contributed by atoms with Crippen molar-refractivity contribution in [3.05, 3.63) is 24.3 Å². The Morgan fingerprint density at radius 2 is 1.80 bits per heavy atom. The van der Waals surface area contributed by atoms with Gasteiger partial charge in [0.25, 0.3) is 0 Å². The summed E-state index contributed by atoms with van der Waals surface area (Å²) in [5.74, 6) is 0.233. The van der Waals surface area contributed by atoms with Crippen LogP contribution in [-0.2, 0) is 0 Å². The second kappa shape index (κ2) is 3.25. The van der Waals surface area contributed by atoms with E-state index in [1.165, 1.54) is 2.95 Å². The van der Waals surface area contributed by atoms with Gasteiger partial charge in [-0.2, -0.15) is 0 Å². The van der Waals surface area contributed by atoms with Crippen molar-refractivity contribution in [3.8, 4) is 5.75 Å². The summed E-state index contributed by atoms with van der Waals surface area (Å²) >= 11 is 6.25. The van der Waals surface area contributed by atoms with Gasteiger partial charge in [-0.05, 0) is 12.1 Å². The van der Waals surface area contributed by atoms with Crippen molar-refractivity contribution >= 4 is 38.0 Å². The van der Waals surface area contributed by atoms with Crippen LogP contribution in [0.5, 0.6) is 5.75 Å². The van der Waals surface area contributed by atoms with Crippen molar-refractivity contribution in [3.63, 3.8) is 0 Å². The average molecular weight is 267 g/mol. The van der Waals surface area contributed by atoms with Crippen LogP contribution >= 0.6 is 32.3 Å². The predicted octanol–water partition coefficient (Wildman–Crippen LogP) is 2.82. The van der Waals surface area contributed by atoms with Crippen molar-refractivity contribution < 1.29 is 5.11 Å². The van der Waals surface area contributed by atoms with E-state index in [-0.39, 0.29) is 5.75 Å². The number of phenolic OH excluding ortho intramolecular Hbond substituents is 1. The summed E-state index contributed by atoms with van der Waals surface area (Å²) in [6, 6.07) is 7.00. The highest BCUT2D eigenvalue weighted by Gasteiger charge is 2.01. The first kappa shape index (κ1) is 7.88. The van der Waals surface area contributed by atoms with Gasteiger partial charge >= 0.3 is 0 Å². The Morgan fingerprint density at radius 1 is 1.20 bits per heavy atom. The lowest BCUT2D eigenvalue weighted by Crippen LogP contribution is -1.88. The average Bonchev–Trinajstić information content (AvgIpc) is 1.88. The first-order valence-corrected chi connectivity index (χ1v) is 4.03. The Balaban J connectivity index is 3.03. The van der Waals surface area contributed by atoms with Gasteiger partial charge < -0.3 is 5.11 Å². The molecule has 0 atom stereocenters. The molecule has 1 aromatic rings. The van der Waals surface area contributed by atoms with Gasteiger partial charge in [-0.3, -0.25) is 0 Å². The van der Waals surface area contributed by atoms with Crippen LogP contribution in [-0.4, -0.2) is 5.11 Å². The van der Waals surface area contributed by atoms with Crippen molar-refractivity contribution in [2.45, 2.75) is 0 Å². The summed E-state index contributed by atoms with van der Waals surface area (Å²) in [7, 11) is 0. The van der Waals surface area contributed by atoms with Crippen LogP contribution in [0.1, 0.15) is 0 Å². The molecule has 0 heterocycles. The molecule has 0 radical (unpaired) electrons. The third kappa shape index (κ3) is 1.64. The standard InChI is InChI=1S/C6H5Br2NO/c7-9(8)5-3-1-2-4-6(5)10/h1-4,10H. The second-order valence-electron chi connectivity index (χ2n) is 1.72. The molecular formula is C6H5Br2NO. The van der Waals surface area contributed by atoms with Gasteiger partial charge in [0.2, 0.25) is 0 Å². The predicted molar refractivity (Wildman–Crippen MR) is 48.4 cm³/mol. The molecule has 0 aliphatic heterocycles. The largest absolute Gasteiger partial charge is 0.506 e. The maximum atomic E-state index is 9.18. The molecule has 0 amide bonds. The number of phenols is 1. The van der Waals surface area contributed by atoms with Crippen molar-refractivity contribution in [1.82, 2.24) is 0 Å². The van der Waals surface area contributed by atoms with Crippen LogP contribution in [0.4, 0.5) is 5.69 Å². The topological polar surface area (TPSA) is 23.5 Å². The van der Waals surface area contributed by atoms with Gasteiger partial charge in [-0.15, -0.1) is 0 Å². The normalized spacial score (nSPS) is 9.40. The second-order valence-corrected chi connectivity index (χ2v) is 4.09. The molecule has 1 rings (SSSR count). The molecule has 4 heteroatoms. The van der Waals surface area contributed by atoms with E-state index in [2.05, 4.69) is 32.3 Å². The Kier molecular flexibility index (Phi) is 2.56. The lowest BCUT2D eigenvalue weighted by molar-refractivity contribution is 0.477. The Hall–Kier alpha value is -0.220. The highest BCUT2D eigenvalue weighted by atomic mass is 79.9. The molecule has 0 fully saturated rings. The van der Waals surface area contributed by atoms with E-state index in [1.807, 2.05) is 6.07 Å². The van der Waals surface area contributed by atoms with Crippen LogP contribution in [0.3, 0.4) is 0 Å². The summed E-state index contributed by atoms with van der Waals surface area (Å²) in [4.78, 5) is 0. The molecule has 0 spiro atoms. The van der Waals surface area contributed by atoms with Gasteiger partial charge in [0.05, 0.1) is 32.3 Å². The SMILES string of the molecule is Oc1ccccc1N(Br)Br. The molecule has 0 aromatic heterocycles. The van der Waals surface area contributed by atoms with Crippen LogP contribution in [0.15, 0.2) is 24.3 Å². The highest BCUT2D eigenvalue weighted by molar-refractivity contribution is 9.25. The van der Waals surface area contributed by atoms with E-state index in [9.17, 15) is 5.11 Å². The first-order chi connectivity index (χ1) is 4.72. The van der Waals surface area contributed by atoms with Gasteiger partial charge in [-0.25, -0.2) is 2.95 Å². The minimum absolute atomic E-state index is 0.233. The zero-order valence-corrected chi connectivity index (χ0v) is 8.13. The molecule has 0 bridgehead atoms. The molecule has 54 valence electrons. The van der Waals surface area contributed by atoms with Crippen molar-refractivity contribution in [1.29, 1.82) is 0 Å². The van der Waals surface area contributed by atoms with E-state index < -0.39 is 0 Å². The molecule has 0 saturated heterocycles. The number of para-hydroxylation sites is 2. The van der Waals surface area contributed by atoms with Gasteiger partial charge in [0, 0.05) is 0 Å². The van der Waals surface area contributed by atoms with Crippen LogP contribution < -0.4 is 2.95 Å². The molecule has 0 aliphatic carbocycles. The highest BCUT2D eigenvalue weighted by Crippen LogP contribution is 2.30. The van der Waals surface area contributed by atoms with Crippen LogP contribution in [0.25, 0.3) is 0 Å². The van der Waals surface area contributed by atoms with E-state index in [4.69, 9.17) is 0 Å². The molecule has 0 unspecified atom stereocenters. The smallest absolute Gasteiger partial charge is 0.140 e. The monoisotopic (exact) mass is 265 g/mol. The first-order valence-electron chi connectivity index (χ1n) is 2.61. The summed E-state index contributed by atoms with van der Waals surface area (Å²) < 4.78 is 1.50.